The number of hydrogen-bond donors (Lipinski definition) is 2. The second kappa shape index (κ2) is 10.1. The molecule has 0 atom stereocenters. The molecule has 1 aliphatic carbocycles. The zero-order valence-corrected chi connectivity index (χ0v) is 20.0. The lowest BCUT2D eigenvalue weighted by Gasteiger charge is -2.17. The van der Waals surface area contributed by atoms with E-state index in [0.29, 0.717) is 23.5 Å². The predicted octanol–water partition coefficient (Wildman–Crippen LogP) is 6.26. The standard InChI is InChI=1S/C28H27N3O2.ClH/c1-18-14-26(29)25-16-22(11-13-27(25)30-18)31-28(32)24-9-5-4-8-21(24)17-33-23-12-10-19-6-2-3-7-20(19)15-23;/h4-5,8-16H,2-3,6-7,17H2,1H3,(H2,29,30)(H,31,32);1H. The molecule has 1 heterocycles. The van der Waals surface area contributed by atoms with Crippen LogP contribution >= 0.6 is 12.4 Å². The molecule has 3 N–H and O–H groups in total. The molecule has 1 aromatic heterocycles. The molecule has 6 heteroatoms. The van der Waals surface area contributed by atoms with Crippen molar-refractivity contribution in [2.45, 2.75) is 39.2 Å². The van der Waals surface area contributed by atoms with Crippen molar-refractivity contribution in [2.75, 3.05) is 11.1 Å². The molecular formula is C28H28ClN3O2. The average molecular weight is 474 g/mol. The number of ether oxygens (including phenoxy) is 1. The molecule has 0 saturated carbocycles. The van der Waals surface area contributed by atoms with Crippen LogP contribution in [0.1, 0.15) is 45.6 Å². The summed E-state index contributed by atoms with van der Waals surface area (Å²) in [5.41, 5.74) is 13.4. The zero-order chi connectivity index (χ0) is 22.8. The fourth-order valence-electron chi connectivity index (χ4n) is 4.49. The van der Waals surface area contributed by atoms with E-state index in [4.69, 9.17) is 10.5 Å². The summed E-state index contributed by atoms with van der Waals surface area (Å²) in [6, 6.07) is 21.3. The van der Waals surface area contributed by atoms with Crippen LogP contribution < -0.4 is 15.8 Å². The van der Waals surface area contributed by atoms with Gasteiger partial charge in [-0.25, -0.2) is 0 Å². The predicted molar refractivity (Wildman–Crippen MR) is 140 cm³/mol. The lowest BCUT2D eigenvalue weighted by atomic mass is 9.92. The van der Waals surface area contributed by atoms with Gasteiger partial charge < -0.3 is 15.8 Å². The number of carbonyl (C=O) groups is 1. The summed E-state index contributed by atoms with van der Waals surface area (Å²) in [6.45, 7) is 2.24. The van der Waals surface area contributed by atoms with Crippen LogP contribution in [0, 0.1) is 6.92 Å². The molecule has 5 rings (SSSR count). The number of aromatic nitrogens is 1. The first-order valence-corrected chi connectivity index (χ1v) is 11.4. The van der Waals surface area contributed by atoms with Gasteiger partial charge >= 0.3 is 0 Å². The summed E-state index contributed by atoms with van der Waals surface area (Å²) in [4.78, 5) is 17.6. The van der Waals surface area contributed by atoms with E-state index < -0.39 is 0 Å². The summed E-state index contributed by atoms with van der Waals surface area (Å²) >= 11 is 0. The smallest absolute Gasteiger partial charge is 0.256 e. The van der Waals surface area contributed by atoms with E-state index in [2.05, 4.69) is 22.4 Å². The van der Waals surface area contributed by atoms with E-state index >= 15 is 0 Å². The molecule has 0 bridgehead atoms. The van der Waals surface area contributed by atoms with Crippen molar-refractivity contribution in [2.24, 2.45) is 0 Å². The number of halogens is 1. The van der Waals surface area contributed by atoms with Gasteiger partial charge in [-0.3, -0.25) is 9.78 Å². The van der Waals surface area contributed by atoms with Gasteiger partial charge in [0.25, 0.3) is 5.91 Å². The van der Waals surface area contributed by atoms with Crippen LogP contribution in [0.4, 0.5) is 11.4 Å². The lowest BCUT2D eigenvalue weighted by molar-refractivity contribution is 0.102. The Labute approximate surface area is 205 Å². The Hall–Kier alpha value is -3.57. The number of carbonyl (C=O) groups excluding carboxylic acids is 1. The van der Waals surface area contributed by atoms with E-state index in [1.54, 1.807) is 0 Å². The number of rotatable bonds is 5. The van der Waals surface area contributed by atoms with Crippen LogP contribution in [0.3, 0.4) is 0 Å². The molecule has 0 aliphatic heterocycles. The zero-order valence-electron chi connectivity index (χ0n) is 19.1. The Morgan fingerprint density at radius 1 is 1.00 bits per heavy atom. The average Bonchev–Trinajstić information content (AvgIpc) is 2.83. The number of fused-ring (bicyclic) bond motifs is 2. The van der Waals surface area contributed by atoms with Crippen molar-refractivity contribution < 1.29 is 9.53 Å². The number of nitrogens with two attached hydrogens (primary N) is 1. The van der Waals surface area contributed by atoms with E-state index in [-0.39, 0.29) is 18.3 Å². The van der Waals surface area contributed by atoms with Crippen molar-refractivity contribution >= 4 is 40.6 Å². The SMILES string of the molecule is Cc1cc(N)c2cc(NC(=O)c3ccccc3COc3ccc4c(c3)CCCC4)ccc2n1.Cl. The number of amides is 1. The van der Waals surface area contributed by atoms with Crippen LogP contribution in [-0.2, 0) is 19.4 Å². The molecule has 5 nitrogen and oxygen atoms in total. The minimum atomic E-state index is -0.183. The maximum atomic E-state index is 13.1. The molecule has 0 saturated heterocycles. The van der Waals surface area contributed by atoms with Gasteiger partial charge in [0, 0.05) is 33.6 Å². The highest BCUT2D eigenvalue weighted by atomic mass is 35.5. The van der Waals surface area contributed by atoms with E-state index in [1.165, 1.54) is 24.0 Å². The van der Waals surface area contributed by atoms with Crippen molar-refractivity contribution in [3.05, 3.63) is 94.7 Å². The van der Waals surface area contributed by atoms with Crippen LogP contribution in [0.2, 0.25) is 0 Å². The Morgan fingerprint density at radius 3 is 2.65 bits per heavy atom. The minimum Gasteiger partial charge on any atom is -0.489 e. The highest BCUT2D eigenvalue weighted by Crippen LogP contribution is 2.27. The van der Waals surface area contributed by atoms with Crippen molar-refractivity contribution in [1.29, 1.82) is 0 Å². The first-order valence-electron chi connectivity index (χ1n) is 11.4. The highest BCUT2D eigenvalue weighted by Gasteiger charge is 2.14. The number of nitrogens with zero attached hydrogens (tertiary/aromatic N) is 1. The molecule has 1 aliphatic rings. The molecule has 1 amide bonds. The van der Waals surface area contributed by atoms with E-state index in [1.807, 2.05) is 61.5 Å². The van der Waals surface area contributed by atoms with Crippen LogP contribution in [0.25, 0.3) is 10.9 Å². The van der Waals surface area contributed by atoms with Crippen molar-refractivity contribution in [3.63, 3.8) is 0 Å². The fraction of sp³-hybridized carbons (Fsp3) is 0.214. The monoisotopic (exact) mass is 473 g/mol. The minimum absolute atomic E-state index is 0. The molecule has 34 heavy (non-hydrogen) atoms. The first-order chi connectivity index (χ1) is 16.1. The number of aryl methyl sites for hydroxylation is 3. The molecule has 174 valence electrons. The number of nitrogen functional groups attached to an aromatic ring is 1. The number of nitrogens with one attached hydrogen (secondary N) is 1. The normalized spacial score (nSPS) is 12.5. The third kappa shape index (κ3) is 5.00. The molecule has 0 radical (unpaired) electrons. The summed E-state index contributed by atoms with van der Waals surface area (Å²) in [6.07, 6.45) is 4.75. The van der Waals surface area contributed by atoms with Crippen LogP contribution in [0.5, 0.6) is 5.75 Å². The topological polar surface area (TPSA) is 77.2 Å². The molecular weight excluding hydrogens is 446 g/mol. The number of anilines is 2. The third-order valence-corrected chi connectivity index (χ3v) is 6.20. The summed E-state index contributed by atoms with van der Waals surface area (Å²) < 4.78 is 6.08. The van der Waals surface area contributed by atoms with Crippen molar-refractivity contribution in [3.8, 4) is 5.75 Å². The molecule has 3 aromatic carbocycles. The van der Waals surface area contributed by atoms with E-state index in [0.717, 1.165) is 40.8 Å². The summed E-state index contributed by atoms with van der Waals surface area (Å²) in [7, 11) is 0. The Balaban J connectivity index is 0.00000274. The quantitative estimate of drug-likeness (QED) is 0.358. The molecule has 0 fully saturated rings. The van der Waals surface area contributed by atoms with Gasteiger partial charge in [-0.05, 0) is 86.2 Å². The largest absolute Gasteiger partial charge is 0.489 e. The maximum Gasteiger partial charge on any atom is 0.256 e. The molecule has 0 spiro atoms. The van der Waals surface area contributed by atoms with Gasteiger partial charge in [0.15, 0.2) is 0 Å². The van der Waals surface area contributed by atoms with Gasteiger partial charge in [0.05, 0.1) is 5.52 Å². The van der Waals surface area contributed by atoms with Gasteiger partial charge in [-0.1, -0.05) is 24.3 Å². The van der Waals surface area contributed by atoms with Crippen LogP contribution in [-0.4, -0.2) is 10.9 Å². The van der Waals surface area contributed by atoms with Gasteiger partial charge in [-0.2, -0.15) is 0 Å². The third-order valence-electron chi connectivity index (χ3n) is 6.20. The molecule has 0 unspecified atom stereocenters. The Kier molecular flexibility index (Phi) is 7.03. The maximum absolute atomic E-state index is 13.1. The highest BCUT2D eigenvalue weighted by molar-refractivity contribution is 6.06. The van der Waals surface area contributed by atoms with Gasteiger partial charge in [0.2, 0.25) is 0 Å². The van der Waals surface area contributed by atoms with E-state index in [9.17, 15) is 4.79 Å². The van der Waals surface area contributed by atoms with Gasteiger partial charge in [0.1, 0.15) is 12.4 Å². The summed E-state index contributed by atoms with van der Waals surface area (Å²) in [5, 5.41) is 3.82. The second-order valence-electron chi connectivity index (χ2n) is 8.62. The first kappa shape index (κ1) is 23.6. The fourth-order valence-corrected chi connectivity index (χ4v) is 4.49. The van der Waals surface area contributed by atoms with Crippen LogP contribution in [0.15, 0.2) is 66.7 Å². The number of pyridine rings is 1. The summed E-state index contributed by atoms with van der Waals surface area (Å²) in [5.74, 6) is 0.663. The second-order valence-corrected chi connectivity index (χ2v) is 8.62. The number of hydrogen-bond acceptors (Lipinski definition) is 4. The Bertz CT molecular complexity index is 1350. The molecule has 4 aromatic rings. The number of benzene rings is 3. The van der Waals surface area contributed by atoms with Crippen molar-refractivity contribution in [1.82, 2.24) is 4.98 Å². The lowest BCUT2D eigenvalue weighted by Crippen LogP contribution is -2.15. The van der Waals surface area contributed by atoms with Gasteiger partial charge in [-0.15, -0.1) is 12.4 Å². The Morgan fingerprint density at radius 2 is 1.79 bits per heavy atom.